The lowest BCUT2D eigenvalue weighted by molar-refractivity contribution is 0.0961. The van der Waals surface area contributed by atoms with Crippen molar-refractivity contribution in [2.45, 2.75) is 13.0 Å². The molecule has 2 aromatic heterocycles. The Hall–Kier alpha value is -2.86. The van der Waals surface area contributed by atoms with Crippen LogP contribution in [0.4, 0.5) is 5.69 Å². The normalized spacial score (nSPS) is 16.2. The summed E-state index contributed by atoms with van der Waals surface area (Å²) in [6.45, 7) is 2.36. The SMILES string of the molecule is CC1CN(C(=O)c2ccnc(-n3cccn3)c2)c2cccc(Cl)c2O1. The van der Waals surface area contributed by atoms with Crippen molar-refractivity contribution in [3.05, 3.63) is 65.6 Å². The van der Waals surface area contributed by atoms with E-state index >= 15 is 0 Å². The Morgan fingerprint density at radius 3 is 2.96 bits per heavy atom. The molecule has 3 heterocycles. The van der Waals surface area contributed by atoms with E-state index in [2.05, 4.69) is 10.1 Å². The molecule has 1 aromatic carbocycles. The summed E-state index contributed by atoms with van der Waals surface area (Å²) >= 11 is 6.23. The van der Waals surface area contributed by atoms with Gasteiger partial charge in [0, 0.05) is 24.2 Å². The fraction of sp³-hybridized carbons (Fsp3) is 0.167. The number of nitrogens with zero attached hydrogens (tertiary/aromatic N) is 4. The molecule has 0 saturated carbocycles. The molecule has 1 unspecified atom stereocenters. The number of para-hydroxylation sites is 1. The summed E-state index contributed by atoms with van der Waals surface area (Å²) in [7, 11) is 0. The fourth-order valence-corrected chi connectivity index (χ4v) is 3.06. The summed E-state index contributed by atoms with van der Waals surface area (Å²) in [4.78, 5) is 19.1. The molecular formula is C18H15ClN4O2. The second kappa shape index (κ2) is 6.22. The quantitative estimate of drug-likeness (QED) is 0.708. The van der Waals surface area contributed by atoms with E-state index in [9.17, 15) is 4.79 Å². The van der Waals surface area contributed by atoms with Gasteiger partial charge in [0.1, 0.15) is 6.10 Å². The number of amides is 1. The van der Waals surface area contributed by atoms with Crippen LogP contribution in [0.2, 0.25) is 5.02 Å². The minimum absolute atomic E-state index is 0.130. The zero-order valence-corrected chi connectivity index (χ0v) is 14.2. The highest BCUT2D eigenvalue weighted by Gasteiger charge is 2.29. The third kappa shape index (κ3) is 2.85. The number of aromatic nitrogens is 3. The molecule has 1 atom stereocenters. The van der Waals surface area contributed by atoms with E-state index in [1.807, 2.05) is 19.1 Å². The number of hydrogen-bond donors (Lipinski definition) is 0. The number of carbonyl (C=O) groups is 1. The van der Waals surface area contributed by atoms with Crippen LogP contribution in [-0.4, -0.2) is 33.3 Å². The van der Waals surface area contributed by atoms with E-state index in [-0.39, 0.29) is 12.0 Å². The van der Waals surface area contributed by atoms with Gasteiger partial charge in [0.25, 0.3) is 5.91 Å². The van der Waals surface area contributed by atoms with Gasteiger partial charge in [0.15, 0.2) is 11.6 Å². The topological polar surface area (TPSA) is 60.2 Å². The van der Waals surface area contributed by atoms with Crippen molar-refractivity contribution in [2.75, 3.05) is 11.4 Å². The zero-order valence-electron chi connectivity index (χ0n) is 13.5. The second-order valence-electron chi connectivity index (χ2n) is 5.79. The summed E-state index contributed by atoms with van der Waals surface area (Å²) in [6, 6.07) is 10.6. The van der Waals surface area contributed by atoms with Gasteiger partial charge in [-0.3, -0.25) is 4.79 Å². The van der Waals surface area contributed by atoms with E-state index in [1.165, 1.54) is 0 Å². The maximum atomic E-state index is 13.1. The van der Waals surface area contributed by atoms with Crippen molar-refractivity contribution >= 4 is 23.2 Å². The number of ether oxygens (including phenoxy) is 1. The summed E-state index contributed by atoms with van der Waals surface area (Å²) in [5, 5.41) is 4.65. The number of rotatable bonds is 2. The molecule has 0 N–H and O–H groups in total. The molecular weight excluding hydrogens is 340 g/mol. The molecule has 6 nitrogen and oxygen atoms in total. The lowest BCUT2D eigenvalue weighted by Gasteiger charge is -2.34. The Balaban J connectivity index is 1.73. The van der Waals surface area contributed by atoms with Gasteiger partial charge >= 0.3 is 0 Å². The number of carbonyl (C=O) groups excluding carboxylic acids is 1. The summed E-state index contributed by atoms with van der Waals surface area (Å²) in [5.41, 5.74) is 1.20. The van der Waals surface area contributed by atoms with Crippen molar-refractivity contribution in [3.63, 3.8) is 0 Å². The average molecular weight is 355 g/mol. The van der Waals surface area contributed by atoms with E-state index in [0.717, 1.165) is 0 Å². The molecule has 25 heavy (non-hydrogen) atoms. The van der Waals surface area contributed by atoms with Crippen molar-refractivity contribution in [1.29, 1.82) is 0 Å². The minimum Gasteiger partial charge on any atom is -0.485 e. The monoisotopic (exact) mass is 354 g/mol. The number of hydrogen-bond acceptors (Lipinski definition) is 4. The predicted molar refractivity (Wildman–Crippen MR) is 94.6 cm³/mol. The lowest BCUT2D eigenvalue weighted by Crippen LogP contribution is -2.42. The van der Waals surface area contributed by atoms with Crippen molar-refractivity contribution in [3.8, 4) is 11.6 Å². The first-order valence-electron chi connectivity index (χ1n) is 7.86. The smallest absolute Gasteiger partial charge is 0.258 e. The average Bonchev–Trinajstić information content (AvgIpc) is 3.16. The molecule has 0 saturated heterocycles. The standard InChI is InChI=1S/C18H15ClN4O2/c1-12-11-22(15-5-2-4-14(19)17(15)25-12)18(24)13-6-8-20-16(10-13)23-9-3-7-21-23/h2-10,12H,11H2,1H3. The van der Waals surface area contributed by atoms with Crippen LogP contribution < -0.4 is 9.64 Å². The first kappa shape index (κ1) is 15.7. The van der Waals surface area contributed by atoms with Crippen molar-refractivity contribution in [2.24, 2.45) is 0 Å². The van der Waals surface area contributed by atoms with E-state index in [4.69, 9.17) is 16.3 Å². The Kier molecular flexibility index (Phi) is 3.89. The molecule has 126 valence electrons. The van der Waals surface area contributed by atoms with Crippen LogP contribution in [0.15, 0.2) is 55.0 Å². The Morgan fingerprint density at radius 1 is 1.28 bits per heavy atom. The van der Waals surface area contributed by atoms with Gasteiger partial charge in [-0.25, -0.2) is 9.67 Å². The summed E-state index contributed by atoms with van der Waals surface area (Å²) in [6.07, 6.45) is 4.90. The van der Waals surface area contributed by atoms with Crippen LogP contribution in [-0.2, 0) is 0 Å². The fourth-order valence-electron chi connectivity index (χ4n) is 2.85. The molecule has 1 aliphatic heterocycles. The highest BCUT2D eigenvalue weighted by molar-refractivity contribution is 6.32. The maximum absolute atomic E-state index is 13.1. The Labute approximate surface area is 149 Å². The van der Waals surface area contributed by atoms with E-state index < -0.39 is 0 Å². The van der Waals surface area contributed by atoms with Gasteiger partial charge in [-0.1, -0.05) is 17.7 Å². The molecule has 7 heteroatoms. The minimum atomic E-state index is -0.149. The maximum Gasteiger partial charge on any atom is 0.258 e. The number of fused-ring (bicyclic) bond motifs is 1. The third-order valence-corrected chi connectivity index (χ3v) is 4.27. The Morgan fingerprint density at radius 2 is 2.16 bits per heavy atom. The number of benzene rings is 1. The number of pyridine rings is 1. The van der Waals surface area contributed by atoms with E-state index in [0.29, 0.717) is 34.4 Å². The third-order valence-electron chi connectivity index (χ3n) is 3.97. The van der Waals surface area contributed by atoms with Crippen LogP contribution in [0.25, 0.3) is 5.82 Å². The van der Waals surface area contributed by atoms with Gasteiger partial charge < -0.3 is 9.64 Å². The lowest BCUT2D eigenvalue weighted by atomic mass is 10.1. The van der Waals surface area contributed by atoms with Crippen LogP contribution in [0.1, 0.15) is 17.3 Å². The second-order valence-corrected chi connectivity index (χ2v) is 6.19. The Bertz CT molecular complexity index is 927. The zero-order chi connectivity index (χ0) is 17.4. The summed E-state index contributed by atoms with van der Waals surface area (Å²) in [5.74, 6) is 0.996. The van der Waals surface area contributed by atoms with Crippen LogP contribution in [0.5, 0.6) is 5.75 Å². The largest absolute Gasteiger partial charge is 0.485 e. The summed E-state index contributed by atoms with van der Waals surface area (Å²) < 4.78 is 7.42. The van der Waals surface area contributed by atoms with Gasteiger partial charge in [-0.05, 0) is 37.3 Å². The van der Waals surface area contributed by atoms with Crippen LogP contribution >= 0.6 is 11.6 Å². The molecule has 1 amide bonds. The first-order valence-corrected chi connectivity index (χ1v) is 8.24. The van der Waals surface area contributed by atoms with Gasteiger partial charge in [-0.15, -0.1) is 0 Å². The van der Waals surface area contributed by atoms with Crippen molar-refractivity contribution < 1.29 is 9.53 Å². The first-order chi connectivity index (χ1) is 12.1. The molecule has 0 fully saturated rings. The molecule has 0 spiro atoms. The van der Waals surface area contributed by atoms with Gasteiger partial charge in [-0.2, -0.15) is 5.10 Å². The molecule has 1 aliphatic rings. The molecule has 0 aliphatic carbocycles. The van der Waals surface area contributed by atoms with Crippen LogP contribution in [0.3, 0.4) is 0 Å². The number of halogens is 1. The van der Waals surface area contributed by atoms with Gasteiger partial charge in [0.05, 0.1) is 17.3 Å². The molecule has 0 bridgehead atoms. The van der Waals surface area contributed by atoms with Crippen LogP contribution in [0, 0.1) is 0 Å². The highest BCUT2D eigenvalue weighted by atomic mass is 35.5. The van der Waals surface area contributed by atoms with Gasteiger partial charge in [0.2, 0.25) is 0 Å². The number of anilines is 1. The molecule has 4 rings (SSSR count). The highest BCUT2D eigenvalue weighted by Crippen LogP contribution is 2.39. The molecule has 3 aromatic rings. The predicted octanol–water partition coefficient (Wildman–Crippen LogP) is 3.35. The molecule has 0 radical (unpaired) electrons. The van der Waals surface area contributed by atoms with Crippen molar-refractivity contribution in [1.82, 2.24) is 14.8 Å². The van der Waals surface area contributed by atoms with E-state index in [1.54, 1.807) is 52.4 Å².